The largest absolute Gasteiger partial charge is 0.394 e. The van der Waals surface area contributed by atoms with E-state index in [9.17, 15) is 5.11 Å². The topological polar surface area (TPSA) is 48.4 Å². The zero-order valence-corrected chi connectivity index (χ0v) is 14.5. The zero-order valence-electron chi connectivity index (χ0n) is 12.9. The molecule has 22 heavy (non-hydrogen) atoms. The van der Waals surface area contributed by atoms with E-state index >= 15 is 0 Å². The normalized spacial score (nSPS) is 12.4. The minimum Gasteiger partial charge on any atom is -0.394 e. The van der Waals surface area contributed by atoms with E-state index in [0.717, 1.165) is 28.7 Å². The number of aliphatic hydroxyl groups is 1. The highest BCUT2D eigenvalue weighted by atomic mass is 35.5. The molecule has 0 aliphatic rings. The lowest BCUT2D eigenvalue weighted by Gasteiger charge is -2.17. The minimum absolute atomic E-state index is 0.0450. The summed E-state index contributed by atoms with van der Waals surface area (Å²) in [7, 11) is 0. The van der Waals surface area contributed by atoms with Crippen molar-refractivity contribution in [3.63, 3.8) is 0 Å². The molecule has 1 aromatic carbocycles. The van der Waals surface area contributed by atoms with Crippen LogP contribution >= 0.6 is 22.9 Å². The number of nitrogens with zero attached hydrogens (tertiary/aromatic N) is 2. The summed E-state index contributed by atoms with van der Waals surface area (Å²) in [6.45, 7) is 6.91. The molecule has 0 saturated carbocycles. The summed E-state index contributed by atoms with van der Waals surface area (Å²) in [5.74, 6) is 0. The summed E-state index contributed by atoms with van der Waals surface area (Å²) >= 11 is 7.59. The first-order chi connectivity index (χ1) is 10.7. The third-order valence-electron chi connectivity index (χ3n) is 3.55. The number of nitrogens with one attached hydrogen (secondary N) is 1. The average molecular weight is 340 g/mol. The van der Waals surface area contributed by atoms with Crippen molar-refractivity contribution >= 4 is 28.1 Å². The van der Waals surface area contributed by atoms with Gasteiger partial charge in [0.15, 0.2) is 5.13 Å². The van der Waals surface area contributed by atoms with Gasteiger partial charge in [0.2, 0.25) is 0 Å². The highest BCUT2D eigenvalue weighted by Crippen LogP contribution is 2.23. The molecule has 0 aliphatic carbocycles. The number of thiazole rings is 1. The number of aromatic nitrogens is 1. The number of aliphatic hydroxyl groups excluding tert-OH is 1. The second kappa shape index (κ2) is 8.48. The van der Waals surface area contributed by atoms with Crippen molar-refractivity contribution < 1.29 is 5.11 Å². The van der Waals surface area contributed by atoms with Crippen molar-refractivity contribution in [3.05, 3.63) is 45.9 Å². The van der Waals surface area contributed by atoms with Gasteiger partial charge in [-0.15, -0.1) is 11.3 Å². The molecule has 2 N–H and O–H groups in total. The maximum absolute atomic E-state index is 9.58. The van der Waals surface area contributed by atoms with Crippen LogP contribution in [0.4, 0.5) is 5.13 Å². The minimum atomic E-state index is -0.101. The van der Waals surface area contributed by atoms with Crippen LogP contribution in [0.3, 0.4) is 0 Å². The van der Waals surface area contributed by atoms with Gasteiger partial charge in [0.05, 0.1) is 12.6 Å². The van der Waals surface area contributed by atoms with Crippen LogP contribution in [0.15, 0.2) is 30.5 Å². The Hall–Kier alpha value is -1.14. The molecule has 4 nitrogen and oxygen atoms in total. The predicted molar refractivity (Wildman–Crippen MR) is 93.8 cm³/mol. The third kappa shape index (κ3) is 4.43. The van der Waals surface area contributed by atoms with Crippen LogP contribution in [-0.4, -0.2) is 29.8 Å². The van der Waals surface area contributed by atoms with Crippen LogP contribution in [-0.2, 0) is 6.54 Å². The summed E-state index contributed by atoms with van der Waals surface area (Å²) in [5.41, 5.74) is 1.03. The maximum Gasteiger partial charge on any atom is 0.185 e. The van der Waals surface area contributed by atoms with Crippen molar-refractivity contribution in [2.45, 2.75) is 26.4 Å². The van der Waals surface area contributed by atoms with Crippen molar-refractivity contribution in [2.75, 3.05) is 24.6 Å². The van der Waals surface area contributed by atoms with E-state index in [4.69, 9.17) is 11.6 Å². The van der Waals surface area contributed by atoms with Gasteiger partial charge in [0.1, 0.15) is 0 Å². The molecule has 1 aromatic heterocycles. The second-order valence-corrected chi connectivity index (χ2v) is 6.48. The monoisotopic (exact) mass is 339 g/mol. The van der Waals surface area contributed by atoms with Crippen LogP contribution in [0.2, 0.25) is 5.02 Å². The Bertz CT molecular complexity index is 569. The first-order valence-electron chi connectivity index (χ1n) is 7.47. The Labute approximate surface area is 140 Å². The number of anilines is 1. The standard InChI is InChI=1S/C16H22ClN3OS/c1-3-20(4-2)16-19-10-14(22-16)9-18-15(11-21)12-5-7-13(17)8-6-12/h5-8,10,15,18,21H,3-4,9,11H2,1-2H3. The van der Waals surface area contributed by atoms with Gasteiger partial charge in [-0.2, -0.15) is 0 Å². The van der Waals surface area contributed by atoms with Crippen molar-refractivity contribution in [1.82, 2.24) is 10.3 Å². The van der Waals surface area contributed by atoms with Gasteiger partial charge in [-0.05, 0) is 31.5 Å². The van der Waals surface area contributed by atoms with Gasteiger partial charge in [0, 0.05) is 35.7 Å². The molecular weight excluding hydrogens is 318 g/mol. The van der Waals surface area contributed by atoms with Crippen LogP contribution in [0.25, 0.3) is 0 Å². The summed E-state index contributed by atoms with van der Waals surface area (Å²) in [6.07, 6.45) is 1.90. The Morgan fingerprint density at radius 2 is 1.95 bits per heavy atom. The summed E-state index contributed by atoms with van der Waals surface area (Å²) < 4.78 is 0. The van der Waals surface area contributed by atoms with E-state index in [1.807, 2.05) is 30.5 Å². The quantitative estimate of drug-likeness (QED) is 0.773. The Balaban J connectivity index is 1.97. The predicted octanol–water partition coefficient (Wildman–Crippen LogP) is 3.47. The molecule has 120 valence electrons. The van der Waals surface area contributed by atoms with E-state index in [0.29, 0.717) is 11.6 Å². The molecular formula is C16H22ClN3OS. The Kier molecular flexibility index (Phi) is 6.64. The Morgan fingerprint density at radius 1 is 1.27 bits per heavy atom. The number of hydrogen-bond donors (Lipinski definition) is 2. The Morgan fingerprint density at radius 3 is 2.55 bits per heavy atom. The molecule has 0 saturated heterocycles. The van der Waals surface area contributed by atoms with Gasteiger partial charge in [-0.3, -0.25) is 0 Å². The fourth-order valence-electron chi connectivity index (χ4n) is 2.23. The van der Waals surface area contributed by atoms with Crippen LogP contribution in [0.1, 0.15) is 30.3 Å². The summed E-state index contributed by atoms with van der Waals surface area (Å²) in [5, 5.41) is 14.7. The van der Waals surface area contributed by atoms with Gasteiger partial charge < -0.3 is 15.3 Å². The maximum atomic E-state index is 9.58. The SMILES string of the molecule is CCN(CC)c1ncc(CNC(CO)c2ccc(Cl)cc2)s1. The first kappa shape index (κ1) is 17.2. The van der Waals surface area contributed by atoms with E-state index < -0.39 is 0 Å². The van der Waals surface area contributed by atoms with E-state index in [1.165, 1.54) is 0 Å². The number of hydrogen-bond acceptors (Lipinski definition) is 5. The van der Waals surface area contributed by atoms with Crippen LogP contribution in [0, 0.1) is 0 Å². The molecule has 0 aliphatic heterocycles. The van der Waals surface area contributed by atoms with Gasteiger partial charge >= 0.3 is 0 Å². The van der Waals surface area contributed by atoms with Gasteiger partial charge in [-0.25, -0.2) is 4.98 Å². The van der Waals surface area contributed by atoms with Gasteiger partial charge in [0.25, 0.3) is 0 Å². The van der Waals surface area contributed by atoms with Crippen LogP contribution in [0.5, 0.6) is 0 Å². The highest BCUT2D eigenvalue weighted by molar-refractivity contribution is 7.15. The lowest BCUT2D eigenvalue weighted by atomic mass is 10.1. The molecule has 0 bridgehead atoms. The number of halogens is 1. The highest BCUT2D eigenvalue weighted by Gasteiger charge is 2.12. The number of rotatable bonds is 8. The molecule has 0 amide bonds. The molecule has 2 aromatic rings. The van der Waals surface area contributed by atoms with Crippen molar-refractivity contribution in [2.24, 2.45) is 0 Å². The molecule has 1 atom stereocenters. The molecule has 0 spiro atoms. The fourth-order valence-corrected chi connectivity index (χ4v) is 3.34. The average Bonchev–Trinajstić information content (AvgIpc) is 2.99. The third-order valence-corrected chi connectivity index (χ3v) is 4.86. The molecule has 6 heteroatoms. The molecule has 1 heterocycles. The van der Waals surface area contributed by atoms with Crippen molar-refractivity contribution in [1.29, 1.82) is 0 Å². The molecule has 0 fully saturated rings. The van der Waals surface area contributed by atoms with Crippen molar-refractivity contribution in [3.8, 4) is 0 Å². The fraction of sp³-hybridized carbons (Fsp3) is 0.438. The lowest BCUT2D eigenvalue weighted by molar-refractivity contribution is 0.244. The molecule has 0 radical (unpaired) electrons. The lowest BCUT2D eigenvalue weighted by Crippen LogP contribution is -2.23. The second-order valence-electron chi connectivity index (χ2n) is 4.95. The van der Waals surface area contributed by atoms with E-state index in [-0.39, 0.29) is 12.6 Å². The smallest absolute Gasteiger partial charge is 0.185 e. The molecule has 1 unspecified atom stereocenters. The zero-order chi connectivity index (χ0) is 15.9. The van der Waals surface area contributed by atoms with E-state index in [2.05, 4.69) is 29.0 Å². The van der Waals surface area contributed by atoms with Crippen LogP contribution < -0.4 is 10.2 Å². The first-order valence-corrected chi connectivity index (χ1v) is 8.66. The summed E-state index contributed by atoms with van der Waals surface area (Å²) in [6, 6.07) is 7.45. The van der Waals surface area contributed by atoms with Gasteiger partial charge in [-0.1, -0.05) is 23.7 Å². The van der Waals surface area contributed by atoms with E-state index in [1.54, 1.807) is 11.3 Å². The summed E-state index contributed by atoms with van der Waals surface area (Å²) in [4.78, 5) is 7.87. The number of benzene rings is 1. The molecule has 2 rings (SSSR count).